The molecule has 0 saturated heterocycles. The van der Waals surface area contributed by atoms with Gasteiger partial charge in [0.25, 0.3) is 0 Å². The number of halogens is 1. The second kappa shape index (κ2) is 7.54. The van der Waals surface area contributed by atoms with Crippen molar-refractivity contribution >= 4 is 15.9 Å². The van der Waals surface area contributed by atoms with Crippen molar-refractivity contribution in [2.24, 2.45) is 5.73 Å². The summed E-state index contributed by atoms with van der Waals surface area (Å²) < 4.78 is 8.06. The van der Waals surface area contributed by atoms with Gasteiger partial charge in [0, 0.05) is 12.6 Å². The lowest BCUT2D eigenvalue weighted by molar-refractivity contribution is 0.100. The van der Waals surface area contributed by atoms with Crippen molar-refractivity contribution in [2.75, 3.05) is 27.8 Å². The largest absolute Gasteiger partial charge is 0.383 e. The molecule has 0 aromatic carbocycles. The Balaban J connectivity index is 3.17. The summed E-state index contributed by atoms with van der Waals surface area (Å²) >= 11 is 3.59. The predicted octanol–water partition coefficient (Wildman–Crippen LogP) is 2.41. The standard InChI is InChI=1S/C14H27BrN4O/c1-6-14(7-2,18(3)4)13(16)12-11(15)10-17-19(12)8-9-20-5/h10,13H,6-9,16H2,1-5H3. The number of nitrogens with zero attached hydrogens (tertiary/aromatic N) is 3. The molecule has 0 bridgehead atoms. The molecule has 2 N–H and O–H groups in total. The number of methoxy groups -OCH3 is 1. The van der Waals surface area contributed by atoms with Crippen LogP contribution in [0.4, 0.5) is 0 Å². The van der Waals surface area contributed by atoms with Gasteiger partial charge >= 0.3 is 0 Å². The van der Waals surface area contributed by atoms with Crippen LogP contribution >= 0.6 is 15.9 Å². The maximum absolute atomic E-state index is 6.64. The summed E-state index contributed by atoms with van der Waals surface area (Å²) in [6.45, 7) is 5.71. The van der Waals surface area contributed by atoms with Crippen LogP contribution in [0.1, 0.15) is 38.4 Å². The van der Waals surface area contributed by atoms with E-state index in [1.54, 1.807) is 7.11 Å². The number of nitrogens with two attached hydrogens (primary N) is 1. The Labute approximate surface area is 130 Å². The van der Waals surface area contributed by atoms with Crippen molar-refractivity contribution in [1.82, 2.24) is 14.7 Å². The maximum atomic E-state index is 6.64. The number of hydrogen-bond acceptors (Lipinski definition) is 4. The van der Waals surface area contributed by atoms with E-state index in [4.69, 9.17) is 10.5 Å². The summed E-state index contributed by atoms with van der Waals surface area (Å²) in [6.07, 6.45) is 3.79. The highest BCUT2D eigenvalue weighted by atomic mass is 79.9. The SMILES string of the molecule is CCC(CC)(C(N)c1c(Br)cnn1CCOC)N(C)C. The summed E-state index contributed by atoms with van der Waals surface area (Å²) in [7, 11) is 5.88. The molecular formula is C14H27BrN4O. The fourth-order valence-electron chi connectivity index (χ4n) is 2.89. The van der Waals surface area contributed by atoms with E-state index in [9.17, 15) is 0 Å². The van der Waals surface area contributed by atoms with E-state index in [0.29, 0.717) is 13.2 Å². The molecule has 0 radical (unpaired) electrons. The van der Waals surface area contributed by atoms with Crippen molar-refractivity contribution in [1.29, 1.82) is 0 Å². The third kappa shape index (κ3) is 3.24. The van der Waals surface area contributed by atoms with Crippen LogP contribution in [0.5, 0.6) is 0 Å². The molecule has 0 saturated carbocycles. The normalized spacial score (nSPS) is 14.0. The molecule has 1 atom stereocenters. The van der Waals surface area contributed by atoms with Crippen LogP contribution in [0.3, 0.4) is 0 Å². The molecule has 0 spiro atoms. The quantitative estimate of drug-likeness (QED) is 0.785. The first-order valence-electron chi connectivity index (χ1n) is 7.07. The molecule has 0 aliphatic heterocycles. The van der Waals surface area contributed by atoms with E-state index >= 15 is 0 Å². The Morgan fingerprint density at radius 1 is 1.45 bits per heavy atom. The maximum Gasteiger partial charge on any atom is 0.0713 e. The molecule has 1 heterocycles. The van der Waals surface area contributed by atoms with Crippen molar-refractivity contribution in [2.45, 2.75) is 44.8 Å². The topological polar surface area (TPSA) is 56.3 Å². The minimum absolute atomic E-state index is 0.0760. The van der Waals surface area contributed by atoms with Gasteiger partial charge in [-0.3, -0.25) is 4.68 Å². The summed E-state index contributed by atoms with van der Waals surface area (Å²) in [4.78, 5) is 2.23. The number of hydrogen-bond donors (Lipinski definition) is 1. The molecule has 6 heteroatoms. The minimum atomic E-state index is -0.110. The van der Waals surface area contributed by atoms with Gasteiger partial charge in [-0.2, -0.15) is 5.10 Å². The zero-order valence-electron chi connectivity index (χ0n) is 13.2. The first kappa shape index (κ1) is 17.6. The molecule has 5 nitrogen and oxygen atoms in total. The van der Waals surface area contributed by atoms with E-state index in [0.717, 1.165) is 23.0 Å². The average molecular weight is 347 g/mol. The number of aromatic nitrogens is 2. The number of likely N-dealkylation sites (N-methyl/N-ethyl adjacent to an activating group) is 1. The Bertz CT molecular complexity index is 415. The van der Waals surface area contributed by atoms with Gasteiger partial charge in [-0.25, -0.2) is 0 Å². The van der Waals surface area contributed by atoms with Gasteiger partial charge in [0.15, 0.2) is 0 Å². The zero-order chi connectivity index (χ0) is 15.3. The number of ether oxygens (including phenoxy) is 1. The highest BCUT2D eigenvalue weighted by Gasteiger charge is 2.39. The summed E-state index contributed by atoms with van der Waals surface area (Å²) in [5.41, 5.74) is 7.61. The van der Waals surface area contributed by atoms with Crippen LogP contribution in [0.2, 0.25) is 0 Å². The molecule has 116 valence electrons. The van der Waals surface area contributed by atoms with E-state index < -0.39 is 0 Å². The molecule has 0 amide bonds. The van der Waals surface area contributed by atoms with Gasteiger partial charge in [-0.05, 0) is 42.9 Å². The van der Waals surface area contributed by atoms with Gasteiger partial charge < -0.3 is 15.4 Å². The smallest absolute Gasteiger partial charge is 0.0713 e. The van der Waals surface area contributed by atoms with Crippen molar-refractivity contribution in [3.05, 3.63) is 16.4 Å². The summed E-state index contributed by atoms with van der Waals surface area (Å²) in [5.74, 6) is 0. The first-order valence-corrected chi connectivity index (χ1v) is 7.87. The average Bonchev–Trinajstić information content (AvgIpc) is 2.78. The third-order valence-electron chi connectivity index (χ3n) is 4.33. The molecule has 20 heavy (non-hydrogen) atoms. The van der Waals surface area contributed by atoms with Crippen molar-refractivity contribution < 1.29 is 4.74 Å². The van der Waals surface area contributed by atoms with Gasteiger partial charge in [0.1, 0.15) is 0 Å². The Morgan fingerprint density at radius 2 is 2.05 bits per heavy atom. The van der Waals surface area contributed by atoms with Crippen LogP contribution in [-0.4, -0.2) is 48.0 Å². The third-order valence-corrected chi connectivity index (χ3v) is 4.94. The van der Waals surface area contributed by atoms with E-state index in [1.165, 1.54) is 0 Å². The van der Waals surface area contributed by atoms with Crippen LogP contribution in [0.15, 0.2) is 10.7 Å². The first-order chi connectivity index (χ1) is 9.44. The zero-order valence-corrected chi connectivity index (χ0v) is 14.8. The Hall–Kier alpha value is -0.430. The Morgan fingerprint density at radius 3 is 2.50 bits per heavy atom. The lowest BCUT2D eigenvalue weighted by Crippen LogP contribution is -2.52. The fraction of sp³-hybridized carbons (Fsp3) is 0.786. The molecule has 1 rings (SSSR count). The highest BCUT2D eigenvalue weighted by molar-refractivity contribution is 9.10. The molecular weight excluding hydrogens is 320 g/mol. The molecule has 0 aliphatic rings. The van der Waals surface area contributed by atoms with Gasteiger partial charge in [0.2, 0.25) is 0 Å². The fourth-order valence-corrected chi connectivity index (χ4v) is 3.43. The van der Waals surface area contributed by atoms with Crippen LogP contribution in [0.25, 0.3) is 0 Å². The molecule has 1 unspecified atom stereocenters. The monoisotopic (exact) mass is 346 g/mol. The van der Waals surface area contributed by atoms with Crippen molar-refractivity contribution in [3.8, 4) is 0 Å². The molecule has 1 aromatic rings. The highest BCUT2D eigenvalue weighted by Crippen LogP contribution is 2.37. The van der Waals surface area contributed by atoms with Gasteiger partial charge in [-0.1, -0.05) is 13.8 Å². The van der Waals surface area contributed by atoms with Crippen LogP contribution < -0.4 is 5.73 Å². The van der Waals surface area contributed by atoms with E-state index in [1.807, 2.05) is 10.9 Å². The molecule has 0 fully saturated rings. The van der Waals surface area contributed by atoms with Crippen LogP contribution in [-0.2, 0) is 11.3 Å². The van der Waals surface area contributed by atoms with E-state index in [2.05, 4.69) is 53.9 Å². The lowest BCUT2D eigenvalue weighted by atomic mass is 9.82. The van der Waals surface area contributed by atoms with E-state index in [-0.39, 0.29) is 11.6 Å². The number of rotatable bonds is 8. The van der Waals surface area contributed by atoms with Crippen LogP contribution in [0, 0.1) is 0 Å². The summed E-state index contributed by atoms with van der Waals surface area (Å²) in [5, 5.41) is 4.41. The second-order valence-electron chi connectivity index (χ2n) is 5.28. The van der Waals surface area contributed by atoms with Gasteiger partial charge in [-0.15, -0.1) is 0 Å². The predicted molar refractivity (Wildman–Crippen MR) is 85.7 cm³/mol. The van der Waals surface area contributed by atoms with Gasteiger partial charge in [0.05, 0.1) is 35.6 Å². The lowest BCUT2D eigenvalue weighted by Gasteiger charge is -2.43. The molecule has 0 aliphatic carbocycles. The van der Waals surface area contributed by atoms with Crippen molar-refractivity contribution in [3.63, 3.8) is 0 Å². The Kier molecular flexibility index (Phi) is 6.64. The minimum Gasteiger partial charge on any atom is -0.383 e. The second-order valence-corrected chi connectivity index (χ2v) is 6.13. The molecule has 1 aromatic heterocycles. The summed E-state index contributed by atoms with van der Waals surface area (Å²) in [6, 6.07) is -0.110.